The fourth-order valence-corrected chi connectivity index (χ4v) is 4.23. The fraction of sp³-hybridized carbons (Fsp3) is 0.789. The average Bonchev–Trinajstić information content (AvgIpc) is 2.55. The van der Waals surface area contributed by atoms with Crippen LogP contribution >= 0.6 is 0 Å². The van der Waals surface area contributed by atoms with Crippen molar-refractivity contribution in [2.45, 2.75) is 63.8 Å². The molecule has 118 valence electrons. The molecule has 3 aliphatic rings. The Balaban J connectivity index is 1.41. The van der Waals surface area contributed by atoms with E-state index >= 15 is 0 Å². The van der Waals surface area contributed by atoms with E-state index in [9.17, 15) is 0 Å². The molecule has 2 heteroatoms. The summed E-state index contributed by atoms with van der Waals surface area (Å²) in [4.78, 5) is 2.51. The highest BCUT2D eigenvalue weighted by molar-refractivity contribution is 5.21. The van der Waals surface area contributed by atoms with Crippen molar-refractivity contribution in [3.63, 3.8) is 0 Å². The van der Waals surface area contributed by atoms with E-state index in [1.54, 1.807) is 0 Å². The maximum absolute atomic E-state index is 6.03. The molecular formula is C19H31NO. The Morgan fingerprint density at radius 3 is 2.52 bits per heavy atom. The number of rotatable bonds is 5. The van der Waals surface area contributed by atoms with E-state index in [4.69, 9.17) is 4.74 Å². The first-order valence-corrected chi connectivity index (χ1v) is 9.06. The summed E-state index contributed by atoms with van der Waals surface area (Å²) in [6.07, 6.45) is 19.5. The van der Waals surface area contributed by atoms with Crippen molar-refractivity contribution in [2.24, 2.45) is 11.8 Å². The summed E-state index contributed by atoms with van der Waals surface area (Å²) in [7, 11) is 2.27. The Kier molecular flexibility index (Phi) is 5.40. The summed E-state index contributed by atoms with van der Waals surface area (Å²) in [5, 5.41) is 0. The maximum Gasteiger partial charge on any atom is 0.115 e. The van der Waals surface area contributed by atoms with Gasteiger partial charge in [0.2, 0.25) is 0 Å². The lowest BCUT2D eigenvalue weighted by Gasteiger charge is -2.32. The first kappa shape index (κ1) is 15.1. The smallest absolute Gasteiger partial charge is 0.115 e. The van der Waals surface area contributed by atoms with Gasteiger partial charge in [-0.1, -0.05) is 38.2 Å². The van der Waals surface area contributed by atoms with Crippen LogP contribution in [-0.2, 0) is 4.74 Å². The molecule has 2 fully saturated rings. The van der Waals surface area contributed by atoms with E-state index < -0.39 is 0 Å². The summed E-state index contributed by atoms with van der Waals surface area (Å²) in [5.74, 6) is 2.65. The molecule has 0 N–H and O–H groups in total. The Morgan fingerprint density at radius 1 is 1.00 bits per heavy atom. The third-order valence-corrected chi connectivity index (χ3v) is 5.67. The molecule has 0 saturated heterocycles. The van der Waals surface area contributed by atoms with Crippen LogP contribution in [0.15, 0.2) is 24.0 Å². The van der Waals surface area contributed by atoms with Crippen molar-refractivity contribution in [1.82, 2.24) is 4.90 Å². The quantitative estimate of drug-likeness (QED) is 0.737. The van der Waals surface area contributed by atoms with E-state index in [0.717, 1.165) is 36.8 Å². The highest BCUT2D eigenvalue weighted by Crippen LogP contribution is 2.35. The van der Waals surface area contributed by atoms with Crippen LogP contribution in [0.4, 0.5) is 0 Å². The van der Waals surface area contributed by atoms with Crippen LogP contribution in [0, 0.1) is 11.8 Å². The van der Waals surface area contributed by atoms with Crippen molar-refractivity contribution in [1.29, 1.82) is 0 Å². The van der Waals surface area contributed by atoms with Gasteiger partial charge in [-0.05, 0) is 56.7 Å². The zero-order chi connectivity index (χ0) is 14.5. The predicted octanol–water partition coefficient (Wildman–Crippen LogP) is 4.53. The van der Waals surface area contributed by atoms with Crippen molar-refractivity contribution in [3.05, 3.63) is 24.0 Å². The first-order valence-electron chi connectivity index (χ1n) is 9.06. The average molecular weight is 289 g/mol. The predicted molar refractivity (Wildman–Crippen MR) is 88.1 cm³/mol. The number of nitrogens with zero attached hydrogens (tertiary/aromatic N) is 1. The summed E-state index contributed by atoms with van der Waals surface area (Å²) in [6, 6.07) is 0.793. The monoisotopic (exact) mass is 289 g/mol. The molecule has 2 saturated carbocycles. The van der Waals surface area contributed by atoms with Gasteiger partial charge in [-0.3, -0.25) is 0 Å². The largest absolute Gasteiger partial charge is 0.493 e. The van der Waals surface area contributed by atoms with Crippen molar-refractivity contribution in [2.75, 3.05) is 20.2 Å². The summed E-state index contributed by atoms with van der Waals surface area (Å²) >= 11 is 0. The number of likely N-dealkylation sites (N-methyl/N-ethyl adjacent to an activating group) is 1. The highest BCUT2D eigenvalue weighted by Gasteiger charge is 2.24. The Hall–Kier alpha value is -0.760. The van der Waals surface area contributed by atoms with Gasteiger partial charge in [0, 0.05) is 12.6 Å². The molecule has 0 radical (unpaired) electrons. The minimum Gasteiger partial charge on any atom is -0.493 e. The van der Waals surface area contributed by atoms with Crippen molar-refractivity contribution < 1.29 is 4.74 Å². The number of hydrogen-bond acceptors (Lipinski definition) is 2. The second-order valence-electron chi connectivity index (χ2n) is 7.16. The lowest BCUT2D eigenvalue weighted by Crippen LogP contribution is -2.35. The zero-order valence-electron chi connectivity index (χ0n) is 13.6. The Bertz CT molecular complexity index is 381. The molecule has 0 aromatic rings. The van der Waals surface area contributed by atoms with Crippen LogP contribution in [0.1, 0.15) is 57.8 Å². The molecule has 2 atom stereocenters. The van der Waals surface area contributed by atoms with Crippen LogP contribution in [0.2, 0.25) is 0 Å². The molecule has 3 rings (SSSR count). The van der Waals surface area contributed by atoms with Crippen LogP contribution in [0.25, 0.3) is 0 Å². The highest BCUT2D eigenvalue weighted by atomic mass is 16.5. The normalized spacial score (nSPS) is 30.1. The van der Waals surface area contributed by atoms with Crippen LogP contribution < -0.4 is 0 Å². The van der Waals surface area contributed by atoms with Crippen LogP contribution in [0.5, 0.6) is 0 Å². The molecule has 0 amide bonds. The fourth-order valence-electron chi connectivity index (χ4n) is 4.23. The van der Waals surface area contributed by atoms with Gasteiger partial charge in [0.15, 0.2) is 0 Å². The van der Waals surface area contributed by atoms with Crippen molar-refractivity contribution in [3.8, 4) is 0 Å². The van der Waals surface area contributed by atoms with Crippen LogP contribution in [-0.4, -0.2) is 31.1 Å². The van der Waals surface area contributed by atoms with Gasteiger partial charge in [0.25, 0.3) is 0 Å². The number of fused-ring (bicyclic) bond motifs is 1. The standard InChI is InChI=1S/C19H31NO/c1-20(18-9-3-2-4-10-18)13-14-21-19-12-11-16-7-5-6-8-17(16)15-19/h11-12,15-18H,2-10,13-14H2,1H3. The summed E-state index contributed by atoms with van der Waals surface area (Å²) in [6.45, 7) is 1.89. The molecule has 0 aliphatic heterocycles. The van der Waals surface area contributed by atoms with Gasteiger partial charge in [0.1, 0.15) is 12.4 Å². The molecule has 3 aliphatic carbocycles. The minimum absolute atomic E-state index is 0.745. The first-order chi connectivity index (χ1) is 10.3. The lowest BCUT2D eigenvalue weighted by atomic mass is 9.77. The summed E-state index contributed by atoms with van der Waals surface area (Å²) in [5.41, 5.74) is 0. The van der Waals surface area contributed by atoms with Crippen molar-refractivity contribution >= 4 is 0 Å². The summed E-state index contributed by atoms with van der Waals surface area (Å²) < 4.78 is 6.03. The van der Waals surface area contributed by atoms with Gasteiger partial charge in [0.05, 0.1) is 0 Å². The number of hydrogen-bond donors (Lipinski definition) is 0. The van der Waals surface area contributed by atoms with Gasteiger partial charge >= 0.3 is 0 Å². The SMILES string of the molecule is CN(CCOC1=CC2CCCCC2C=C1)C1CCCCC1. The van der Waals surface area contributed by atoms with E-state index in [-0.39, 0.29) is 0 Å². The topological polar surface area (TPSA) is 12.5 Å². The zero-order valence-corrected chi connectivity index (χ0v) is 13.6. The number of ether oxygens (including phenoxy) is 1. The van der Waals surface area contributed by atoms with Gasteiger partial charge in [-0.25, -0.2) is 0 Å². The molecule has 21 heavy (non-hydrogen) atoms. The molecule has 0 bridgehead atoms. The number of allylic oxidation sites excluding steroid dienone is 3. The third-order valence-electron chi connectivity index (χ3n) is 5.67. The van der Waals surface area contributed by atoms with Gasteiger partial charge in [-0.2, -0.15) is 0 Å². The molecular weight excluding hydrogens is 258 g/mol. The molecule has 2 nitrogen and oxygen atoms in total. The molecule has 0 spiro atoms. The molecule has 0 aromatic heterocycles. The Labute approximate surface area is 130 Å². The molecule has 0 aromatic carbocycles. The van der Waals surface area contributed by atoms with E-state index in [1.165, 1.54) is 57.8 Å². The van der Waals surface area contributed by atoms with E-state index in [0.29, 0.717) is 0 Å². The second kappa shape index (κ2) is 7.49. The third kappa shape index (κ3) is 4.12. The van der Waals surface area contributed by atoms with Crippen LogP contribution in [0.3, 0.4) is 0 Å². The molecule has 0 heterocycles. The van der Waals surface area contributed by atoms with Gasteiger partial charge < -0.3 is 9.64 Å². The Morgan fingerprint density at radius 2 is 1.71 bits per heavy atom. The maximum atomic E-state index is 6.03. The minimum atomic E-state index is 0.745. The van der Waals surface area contributed by atoms with Gasteiger partial charge in [-0.15, -0.1) is 0 Å². The lowest BCUT2D eigenvalue weighted by molar-refractivity contribution is 0.131. The van der Waals surface area contributed by atoms with E-state index in [2.05, 4.69) is 30.2 Å². The second-order valence-corrected chi connectivity index (χ2v) is 7.16. The van der Waals surface area contributed by atoms with E-state index in [1.807, 2.05) is 0 Å². The molecule has 2 unspecified atom stereocenters.